The third-order valence-electron chi connectivity index (χ3n) is 8.00. The zero-order chi connectivity index (χ0) is 16.2. The van der Waals surface area contributed by atoms with Crippen molar-refractivity contribution in [3.05, 3.63) is 11.1 Å². The fourth-order valence-electron chi connectivity index (χ4n) is 6.81. The maximum atomic E-state index is 11.3. The summed E-state index contributed by atoms with van der Waals surface area (Å²) in [6.07, 6.45) is 12.0. The molecule has 4 aliphatic carbocycles. The summed E-state index contributed by atoms with van der Waals surface area (Å²) >= 11 is 0. The van der Waals surface area contributed by atoms with Gasteiger partial charge in [0.25, 0.3) is 0 Å². The average Bonchev–Trinajstić information content (AvgIpc) is 2.89. The van der Waals surface area contributed by atoms with Gasteiger partial charge in [0, 0.05) is 6.92 Å². The maximum absolute atomic E-state index is 11.3. The highest BCUT2D eigenvalue weighted by atomic mass is 16.5. The van der Waals surface area contributed by atoms with Gasteiger partial charge in [-0.1, -0.05) is 25.0 Å². The van der Waals surface area contributed by atoms with Crippen molar-refractivity contribution in [2.24, 2.45) is 29.1 Å². The van der Waals surface area contributed by atoms with Crippen LogP contribution in [-0.4, -0.2) is 12.1 Å². The van der Waals surface area contributed by atoms with Crippen molar-refractivity contribution in [2.45, 2.75) is 84.7 Å². The van der Waals surface area contributed by atoms with Crippen LogP contribution in [-0.2, 0) is 9.53 Å². The molecule has 4 aliphatic rings. The highest BCUT2D eigenvalue weighted by Crippen LogP contribution is 2.62. The van der Waals surface area contributed by atoms with E-state index in [1.807, 2.05) is 11.1 Å². The van der Waals surface area contributed by atoms with Crippen molar-refractivity contribution in [2.75, 3.05) is 0 Å². The van der Waals surface area contributed by atoms with Crippen molar-refractivity contribution in [1.29, 1.82) is 0 Å². The second kappa shape index (κ2) is 5.63. The first-order valence-corrected chi connectivity index (χ1v) is 9.88. The molecule has 2 saturated carbocycles. The lowest BCUT2D eigenvalue weighted by molar-refractivity contribution is -0.154. The Morgan fingerprint density at radius 1 is 1.09 bits per heavy atom. The third kappa shape index (κ3) is 2.48. The SMILES string of the molecule is CC(=O)O[C@H]1CC[C@@]2(C)[C@@H](CC[C@H]3C4=C(CC[C@@H]32)[C@@H](C)CC4)C1. The molecule has 0 radical (unpaired) electrons. The summed E-state index contributed by atoms with van der Waals surface area (Å²) in [5.74, 6) is 3.30. The molecule has 0 saturated heterocycles. The Labute approximate surface area is 141 Å². The van der Waals surface area contributed by atoms with E-state index in [0.29, 0.717) is 5.41 Å². The van der Waals surface area contributed by atoms with Gasteiger partial charge in [-0.2, -0.15) is 0 Å². The number of fused-ring (bicyclic) bond motifs is 4. The molecule has 0 unspecified atom stereocenters. The topological polar surface area (TPSA) is 26.3 Å². The summed E-state index contributed by atoms with van der Waals surface area (Å²) in [5.41, 5.74) is 4.22. The van der Waals surface area contributed by atoms with Gasteiger partial charge in [-0.25, -0.2) is 0 Å². The van der Waals surface area contributed by atoms with Crippen LogP contribution in [0.1, 0.15) is 78.6 Å². The van der Waals surface area contributed by atoms with Gasteiger partial charge in [0.05, 0.1) is 0 Å². The minimum Gasteiger partial charge on any atom is -0.463 e. The van der Waals surface area contributed by atoms with E-state index in [0.717, 1.165) is 36.5 Å². The summed E-state index contributed by atoms with van der Waals surface area (Å²) in [5, 5.41) is 0. The van der Waals surface area contributed by atoms with E-state index in [1.165, 1.54) is 44.9 Å². The van der Waals surface area contributed by atoms with Crippen molar-refractivity contribution < 1.29 is 9.53 Å². The normalized spacial score (nSPS) is 46.0. The standard InChI is InChI=1S/C21H32O2/c1-13-4-6-18-17(13)8-9-20-19(18)7-5-15-12-16(23-14(2)22)10-11-21(15,20)3/h13,15-16,19-20H,4-12H2,1-3H3/t13-,15-,16-,19-,20-,21-/m0/s1. The van der Waals surface area contributed by atoms with Crippen molar-refractivity contribution in [1.82, 2.24) is 0 Å². The molecule has 0 bridgehead atoms. The summed E-state index contributed by atoms with van der Waals surface area (Å²) < 4.78 is 5.56. The van der Waals surface area contributed by atoms with Crippen LogP contribution in [0.5, 0.6) is 0 Å². The number of hydrogen-bond acceptors (Lipinski definition) is 2. The van der Waals surface area contributed by atoms with Crippen LogP contribution in [0, 0.1) is 29.1 Å². The van der Waals surface area contributed by atoms with Crippen molar-refractivity contribution in [3.63, 3.8) is 0 Å². The molecule has 6 atom stereocenters. The van der Waals surface area contributed by atoms with Crippen molar-refractivity contribution in [3.8, 4) is 0 Å². The minimum absolute atomic E-state index is 0.0975. The second-order valence-electron chi connectivity index (χ2n) is 9.03. The summed E-state index contributed by atoms with van der Waals surface area (Å²) in [6.45, 7) is 6.57. The average molecular weight is 316 g/mol. The number of carbonyl (C=O) groups excluding carboxylic acids is 1. The highest BCUT2D eigenvalue weighted by molar-refractivity contribution is 5.66. The molecular weight excluding hydrogens is 284 g/mol. The third-order valence-corrected chi connectivity index (χ3v) is 8.00. The first-order valence-electron chi connectivity index (χ1n) is 9.88. The number of allylic oxidation sites excluding steroid dienone is 2. The second-order valence-corrected chi connectivity index (χ2v) is 9.03. The zero-order valence-corrected chi connectivity index (χ0v) is 15.1. The van der Waals surface area contributed by atoms with E-state index in [4.69, 9.17) is 4.74 Å². The maximum Gasteiger partial charge on any atom is 0.302 e. The number of ether oxygens (including phenoxy) is 1. The van der Waals surface area contributed by atoms with Gasteiger partial charge >= 0.3 is 5.97 Å². The first kappa shape index (κ1) is 15.7. The van der Waals surface area contributed by atoms with Crippen LogP contribution < -0.4 is 0 Å². The predicted octanol–water partition coefficient (Wildman–Crippen LogP) is 5.27. The molecule has 2 heteroatoms. The molecular formula is C21H32O2. The molecule has 0 N–H and O–H groups in total. The highest BCUT2D eigenvalue weighted by Gasteiger charge is 2.53. The number of rotatable bonds is 1. The monoisotopic (exact) mass is 316 g/mol. The fourth-order valence-corrected chi connectivity index (χ4v) is 6.81. The Hall–Kier alpha value is -0.790. The van der Waals surface area contributed by atoms with Gasteiger partial charge in [-0.15, -0.1) is 0 Å². The molecule has 128 valence electrons. The Balaban J connectivity index is 1.55. The quantitative estimate of drug-likeness (QED) is 0.486. The van der Waals surface area contributed by atoms with Gasteiger partial charge in [0.1, 0.15) is 6.10 Å². The number of carbonyl (C=O) groups is 1. The number of esters is 1. The van der Waals surface area contributed by atoms with E-state index in [-0.39, 0.29) is 12.1 Å². The van der Waals surface area contributed by atoms with Crippen LogP contribution in [0.3, 0.4) is 0 Å². The van der Waals surface area contributed by atoms with Crippen LogP contribution in [0.25, 0.3) is 0 Å². The van der Waals surface area contributed by atoms with Gasteiger partial charge in [0.15, 0.2) is 0 Å². The van der Waals surface area contributed by atoms with Gasteiger partial charge in [-0.05, 0) is 86.9 Å². The van der Waals surface area contributed by atoms with Gasteiger partial charge in [-0.3, -0.25) is 4.79 Å². The molecule has 0 amide bonds. The van der Waals surface area contributed by atoms with Crippen molar-refractivity contribution >= 4 is 5.97 Å². The Kier molecular flexibility index (Phi) is 3.85. The molecule has 0 aromatic rings. The van der Waals surface area contributed by atoms with E-state index in [2.05, 4.69) is 13.8 Å². The van der Waals surface area contributed by atoms with Crippen LogP contribution in [0.15, 0.2) is 11.1 Å². The number of hydrogen-bond donors (Lipinski definition) is 0. The van der Waals surface area contributed by atoms with E-state index in [1.54, 1.807) is 6.92 Å². The summed E-state index contributed by atoms with van der Waals surface area (Å²) in [4.78, 5) is 11.3. The largest absolute Gasteiger partial charge is 0.463 e. The predicted molar refractivity (Wildman–Crippen MR) is 91.9 cm³/mol. The summed E-state index contributed by atoms with van der Waals surface area (Å²) in [6, 6.07) is 0. The lowest BCUT2D eigenvalue weighted by Crippen LogP contribution is -2.49. The molecule has 0 spiro atoms. The van der Waals surface area contributed by atoms with Gasteiger partial charge in [0.2, 0.25) is 0 Å². The molecule has 0 heterocycles. The molecule has 0 aromatic carbocycles. The lowest BCUT2D eigenvalue weighted by atomic mass is 9.49. The smallest absolute Gasteiger partial charge is 0.302 e. The Bertz CT molecular complexity index is 534. The lowest BCUT2D eigenvalue weighted by Gasteiger charge is -2.57. The molecule has 0 aromatic heterocycles. The molecule has 2 fully saturated rings. The first-order chi connectivity index (χ1) is 11.0. The minimum atomic E-state index is -0.0975. The van der Waals surface area contributed by atoms with E-state index < -0.39 is 0 Å². The summed E-state index contributed by atoms with van der Waals surface area (Å²) in [7, 11) is 0. The Morgan fingerprint density at radius 3 is 2.65 bits per heavy atom. The molecule has 2 nitrogen and oxygen atoms in total. The van der Waals surface area contributed by atoms with Crippen LogP contribution in [0.2, 0.25) is 0 Å². The van der Waals surface area contributed by atoms with Crippen LogP contribution in [0.4, 0.5) is 0 Å². The van der Waals surface area contributed by atoms with Gasteiger partial charge < -0.3 is 4.74 Å². The van der Waals surface area contributed by atoms with E-state index >= 15 is 0 Å². The zero-order valence-electron chi connectivity index (χ0n) is 15.1. The van der Waals surface area contributed by atoms with E-state index in [9.17, 15) is 4.79 Å². The molecule has 4 rings (SSSR count). The Morgan fingerprint density at radius 2 is 1.87 bits per heavy atom. The fraction of sp³-hybridized carbons (Fsp3) is 0.857. The molecule has 23 heavy (non-hydrogen) atoms. The molecule has 0 aliphatic heterocycles. The van der Waals surface area contributed by atoms with Crippen LogP contribution >= 0.6 is 0 Å².